The number of guanidine groups is 1. The van der Waals surface area contributed by atoms with Gasteiger partial charge in [-0.3, -0.25) is 4.99 Å². The molecule has 1 aromatic rings. The highest BCUT2D eigenvalue weighted by molar-refractivity contribution is 14.0. The standard InChI is InChI=1S/C18H29N3O2.HI/c1-3-14(2)15-6-8-16(9-7-15)21-18(19)20-10-12-22-13-17-5-4-11-23-17;/h6-9,14,17H,3-5,10-13H2,1-2H3,(H3,19,20,21);1H. The smallest absolute Gasteiger partial charge is 0.193 e. The third-order valence-electron chi connectivity index (χ3n) is 4.21. The van der Waals surface area contributed by atoms with Crippen LogP contribution in [-0.4, -0.2) is 38.4 Å². The molecule has 1 heterocycles. The molecule has 2 unspecified atom stereocenters. The minimum Gasteiger partial charge on any atom is -0.377 e. The predicted molar refractivity (Wildman–Crippen MR) is 110 cm³/mol. The maximum atomic E-state index is 5.89. The lowest BCUT2D eigenvalue weighted by molar-refractivity contribution is 0.0200. The molecule has 1 aliphatic heterocycles. The molecule has 136 valence electrons. The molecule has 1 aliphatic rings. The summed E-state index contributed by atoms with van der Waals surface area (Å²) in [6, 6.07) is 8.35. The van der Waals surface area contributed by atoms with Gasteiger partial charge in [-0.15, -0.1) is 24.0 Å². The van der Waals surface area contributed by atoms with Crippen LogP contribution in [-0.2, 0) is 9.47 Å². The maximum Gasteiger partial charge on any atom is 0.193 e. The lowest BCUT2D eigenvalue weighted by Crippen LogP contribution is -2.23. The number of anilines is 1. The molecule has 1 fully saturated rings. The molecule has 0 amide bonds. The van der Waals surface area contributed by atoms with Gasteiger partial charge in [0.1, 0.15) is 0 Å². The van der Waals surface area contributed by atoms with Crippen molar-refractivity contribution in [3.63, 3.8) is 0 Å². The van der Waals surface area contributed by atoms with Crippen LogP contribution in [0.1, 0.15) is 44.6 Å². The summed E-state index contributed by atoms with van der Waals surface area (Å²) in [6.45, 7) is 7.06. The van der Waals surface area contributed by atoms with Crippen LogP contribution in [0.2, 0.25) is 0 Å². The van der Waals surface area contributed by atoms with Crippen LogP contribution in [0.5, 0.6) is 0 Å². The van der Waals surface area contributed by atoms with E-state index in [4.69, 9.17) is 15.2 Å². The third-order valence-corrected chi connectivity index (χ3v) is 4.21. The molecule has 1 aromatic carbocycles. The molecule has 0 aliphatic carbocycles. The molecule has 5 nitrogen and oxygen atoms in total. The average Bonchev–Trinajstić information content (AvgIpc) is 3.08. The molecule has 1 saturated heterocycles. The van der Waals surface area contributed by atoms with E-state index >= 15 is 0 Å². The van der Waals surface area contributed by atoms with Gasteiger partial charge in [0.15, 0.2) is 5.96 Å². The van der Waals surface area contributed by atoms with Gasteiger partial charge in [0.25, 0.3) is 0 Å². The lowest BCUT2D eigenvalue weighted by atomic mass is 9.99. The van der Waals surface area contributed by atoms with Crippen molar-refractivity contribution >= 4 is 35.6 Å². The minimum atomic E-state index is 0. The topological polar surface area (TPSA) is 68.9 Å². The number of nitrogens with one attached hydrogen (secondary N) is 1. The molecule has 0 spiro atoms. The van der Waals surface area contributed by atoms with Crippen molar-refractivity contribution in [2.45, 2.75) is 45.1 Å². The van der Waals surface area contributed by atoms with Crippen LogP contribution in [0.4, 0.5) is 5.69 Å². The van der Waals surface area contributed by atoms with E-state index in [2.05, 4.69) is 36.3 Å². The predicted octanol–water partition coefficient (Wildman–Crippen LogP) is 3.74. The SMILES string of the molecule is CCC(C)c1ccc(NC(N)=NCCOCC2CCCO2)cc1.I. The molecule has 24 heavy (non-hydrogen) atoms. The Hall–Kier alpha value is -0.860. The normalized spacial score (nSPS) is 18.9. The third kappa shape index (κ3) is 7.36. The van der Waals surface area contributed by atoms with Crippen molar-refractivity contribution in [3.8, 4) is 0 Å². The molecule has 3 N–H and O–H groups in total. The zero-order valence-corrected chi connectivity index (χ0v) is 17.0. The molecule has 6 heteroatoms. The van der Waals surface area contributed by atoms with Gasteiger partial charge in [-0.05, 0) is 42.9 Å². The minimum absolute atomic E-state index is 0. The van der Waals surface area contributed by atoms with Crippen LogP contribution in [0.15, 0.2) is 29.3 Å². The number of benzene rings is 1. The first-order valence-corrected chi connectivity index (χ1v) is 8.55. The van der Waals surface area contributed by atoms with E-state index in [9.17, 15) is 0 Å². The molecule has 0 aromatic heterocycles. The first kappa shape index (κ1) is 21.2. The Kier molecular flexibility index (Phi) is 10.3. The molecule has 0 bridgehead atoms. The number of rotatable bonds is 8. The molecule has 2 rings (SSSR count). The van der Waals surface area contributed by atoms with Gasteiger partial charge in [0, 0.05) is 12.3 Å². The second kappa shape index (κ2) is 11.7. The Morgan fingerprint density at radius 1 is 1.42 bits per heavy atom. The number of nitrogens with two attached hydrogens (primary N) is 1. The fraction of sp³-hybridized carbons (Fsp3) is 0.611. The van der Waals surface area contributed by atoms with E-state index < -0.39 is 0 Å². The van der Waals surface area contributed by atoms with Gasteiger partial charge in [-0.1, -0.05) is 26.0 Å². The van der Waals surface area contributed by atoms with Gasteiger partial charge in [0.2, 0.25) is 0 Å². The van der Waals surface area contributed by atoms with Crippen LogP contribution in [0.3, 0.4) is 0 Å². The van der Waals surface area contributed by atoms with Gasteiger partial charge in [0.05, 0.1) is 25.9 Å². The summed E-state index contributed by atoms with van der Waals surface area (Å²) in [6.07, 6.45) is 3.64. The molecule has 0 radical (unpaired) electrons. The molecular weight excluding hydrogens is 417 g/mol. The fourth-order valence-corrected chi connectivity index (χ4v) is 2.54. The average molecular weight is 447 g/mol. The van der Waals surface area contributed by atoms with Gasteiger partial charge < -0.3 is 20.5 Å². The summed E-state index contributed by atoms with van der Waals surface area (Å²) in [5, 5.41) is 3.11. The summed E-state index contributed by atoms with van der Waals surface area (Å²) >= 11 is 0. The van der Waals surface area contributed by atoms with Crippen molar-refractivity contribution in [1.29, 1.82) is 0 Å². The highest BCUT2D eigenvalue weighted by Crippen LogP contribution is 2.20. The number of aliphatic imine (C=N–C) groups is 1. The van der Waals surface area contributed by atoms with Crippen molar-refractivity contribution in [2.75, 3.05) is 31.7 Å². The first-order valence-electron chi connectivity index (χ1n) is 8.55. The Balaban J connectivity index is 0.00000288. The van der Waals surface area contributed by atoms with E-state index in [0.717, 1.165) is 31.6 Å². The summed E-state index contributed by atoms with van der Waals surface area (Å²) in [5.74, 6) is 0.998. The second-order valence-corrected chi connectivity index (χ2v) is 6.03. The zero-order valence-electron chi connectivity index (χ0n) is 14.7. The Morgan fingerprint density at radius 2 is 2.17 bits per heavy atom. The number of hydrogen-bond acceptors (Lipinski definition) is 3. The molecular formula is C18H30IN3O2. The van der Waals surface area contributed by atoms with E-state index in [-0.39, 0.29) is 30.1 Å². The van der Waals surface area contributed by atoms with E-state index in [0.29, 0.717) is 31.6 Å². The van der Waals surface area contributed by atoms with Crippen LogP contribution in [0.25, 0.3) is 0 Å². The van der Waals surface area contributed by atoms with Crippen molar-refractivity contribution in [3.05, 3.63) is 29.8 Å². The summed E-state index contributed by atoms with van der Waals surface area (Å²) < 4.78 is 11.1. The lowest BCUT2D eigenvalue weighted by Gasteiger charge is -2.11. The maximum absolute atomic E-state index is 5.89. The molecule has 2 atom stereocenters. The first-order chi connectivity index (χ1) is 11.2. The Labute approximate surface area is 162 Å². The zero-order chi connectivity index (χ0) is 16.5. The summed E-state index contributed by atoms with van der Waals surface area (Å²) in [4.78, 5) is 4.27. The van der Waals surface area contributed by atoms with Crippen molar-refractivity contribution in [2.24, 2.45) is 10.7 Å². The van der Waals surface area contributed by atoms with Gasteiger partial charge in [-0.2, -0.15) is 0 Å². The largest absolute Gasteiger partial charge is 0.377 e. The Bertz CT molecular complexity index is 488. The number of halogens is 1. The second-order valence-electron chi connectivity index (χ2n) is 6.03. The van der Waals surface area contributed by atoms with Gasteiger partial charge >= 0.3 is 0 Å². The van der Waals surface area contributed by atoms with Gasteiger partial charge in [-0.25, -0.2) is 0 Å². The number of nitrogens with zero attached hydrogens (tertiary/aromatic N) is 1. The fourth-order valence-electron chi connectivity index (χ4n) is 2.54. The van der Waals surface area contributed by atoms with Crippen LogP contribution in [0, 0.1) is 0 Å². The number of ether oxygens (including phenoxy) is 2. The monoisotopic (exact) mass is 447 g/mol. The summed E-state index contributed by atoms with van der Waals surface area (Å²) in [5.41, 5.74) is 8.19. The van der Waals surface area contributed by atoms with Crippen molar-refractivity contribution in [1.82, 2.24) is 0 Å². The van der Waals surface area contributed by atoms with Crippen LogP contribution < -0.4 is 11.1 Å². The highest BCUT2D eigenvalue weighted by atomic mass is 127. The van der Waals surface area contributed by atoms with Crippen LogP contribution >= 0.6 is 24.0 Å². The number of hydrogen-bond donors (Lipinski definition) is 2. The van der Waals surface area contributed by atoms with E-state index in [1.54, 1.807) is 0 Å². The highest BCUT2D eigenvalue weighted by Gasteiger charge is 2.14. The van der Waals surface area contributed by atoms with E-state index in [1.807, 2.05) is 12.1 Å². The molecule has 0 saturated carbocycles. The Morgan fingerprint density at radius 3 is 2.79 bits per heavy atom. The summed E-state index contributed by atoms with van der Waals surface area (Å²) in [7, 11) is 0. The van der Waals surface area contributed by atoms with E-state index in [1.165, 1.54) is 5.56 Å². The van der Waals surface area contributed by atoms with Crippen molar-refractivity contribution < 1.29 is 9.47 Å². The quantitative estimate of drug-likeness (QED) is 0.276.